The predicted molar refractivity (Wildman–Crippen MR) is 95.8 cm³/mol. The molecule has 0 fully saturated rings. The molecule has 3 aromatic rings. The zero-order valence-corrected chi connectivity index (χ0v) is 13.5. The van der Waals surface area contributed by atoms with Gasteiger partial charge in [-0.2, -0.15) is 4.98 Å². The van der Waals surface area contributed by atoms with Crippen molar-refractivity contribution < 1.29 is 14.6 Å². The van der Waals surface area contributed by atoms with Gasteiger partial charge in [-0.3, -0.25) is 0 Å². The Labute approximate surface area is 144 Å². The van der Waals surface area contributed by atoms with Crippen LogP contribution in [-0.4, -0.2) is 41.4 Å². The van der Waals surface area contributed by atoms with E-state index in [1.165, 1.54) is 0 Å². The summed E-state index contributed by atoms with van der Waals surface area (Å²) in [6, 6.07) is 13.4. The number of nitrogens with one attached hydrogen (secondary N) is 2. The Morgan fingerprint density at radius 2 is 1.84 bits per heavy atom. The number of hydrogen-bond donors (Lipinski definition) is 3. The quantitative estimate of drug-likeness (QED) is 0.659. The van der Waals surface area contributed by atoms with Crippen molar-refractivity contribution in [3.63, 3.8) is 0 Å². The van der Waals surface area contributed by atoms with E-state index in [1.54, 1.807) is 0 Å². The average Bonchev–Trinajstić information content (AvgIpc) is 2.66. The fourth-order valence-electron chi connectivity index (χ4n) is 2.69. The van der Waals surface area contributed by atoms with Crippen LogP contribution >= 0.6 is 0 Å². The Morgan fingerprint density at radius 3 is 2.72 bits per heavy atom. The van der Waals surface area contributed by atoms with Crippen LogP contribution in [0.15, 0.2) is 42.5 Å². The molecule has 4 rings (SSSR count). The molecule has 0 saturated heterocycles. The second-order valence-electron chi connectivity index (χ2n) is 5.55. The molecule has 128 valence electrons. The van der Waals surface area contributed by atoms with Gasteiger partial charge in [0.1, 0.15) is 19.0 Å². The molecule has 0 atom stereocenters. The number of aromatic nitrogens is 2. The van der Waals surface area contributed by atoms with E-state index in [0.29, 0.717) is 37.3 Å². The van der Waals surface area contributed by atoms with Crippen molar-refractivity contribution in [1.82, 2.24) is 9.97 Å². The minimum Gasteiger partial charge on any atom is -0.486 e. The van der Waals surface area contributed by atoms with Crippen molar-refractivity contribution in [2.45, 2.75) is 0 Å². The minimum atomic E-state index is 0.0310. The largest absolute Gasteiger partial charge is 0.486 e. The average molecular weight is 338 g/mol. The Balaban J connectivity index is 1.66. The van der Waals surface area contributed by atoms with Gasteiger partial charge in [-0.1, -0.05) is 12.1 Å². The number of hydrogen-bond acceptors (Lipinski definition) is 7. The first-order valence-corrected chi connectivity index (χ1v) is 8.12. The molecule has 1 aliphatic heterocycles. The Bertz CT molecular complexity index is 901. The lowest BCUT2D eigenvalue weighted by atomic mass is 10.2. The summed E-state index contributed by atoms with van der Waals surface area (Å²) in [4.78, 5) is 9.08. The van der Waals surface area contributed by atoms with Crippen molar-refractivity contribution in [3.05, 3.63) is 42.5 Å². The SMILES string of the molecule is OCCNc1nc(Nc2ccc3c(c2)OCCO3)nc2ccccc12. The van der Waals surface area contributed by atoms with Gasteiger partial charge >= 0.3 is 0 Å². The lowest BCUT2D eigenvalue weighted by Crippen LogP contribution is -2.15. The van der Waals surface area contributed by atoms with Gasteiger partial charge in [0.05, 0.1) is 12.1 Å². The predicted octanol–water partition coefficient (Wildman–Crippen LogP) is 2.55. The van der Waals surface area contributed by atoms with Crippen molar-refractivity contribution >= 4 is 28.4 Å². The lowest BCUT2D eigenvalue weighted by molar-refractivity contribution is 0.171. The summed E-state index contributed by atoms with van der Waals surface area (Å²) >= 11 is 0. The lowest BCUT2D eigenvalue weighted by Gasteiger charge is -2.19. The Morgan fingerprint density at radius 1 is 1.00 bits per heavy atom. The topological polar surface area (TPSA) is 88.5 Å². The smallest absolute Gasteiger partial charge is 0.229 e. The molecule has 0 spiro atoms. The maximum atomic E-state index is 9.07. The molecule has 0 bridgehead atoms. The van der Waals surface area contributed by atoms with Gasteiger partial charge in [0.2, 0.25) is 5.95 Å². The van der Waals surface area contributed by atoms with Crippen LogP contribution in [-0.2, 0) is 0 Å². The van der Waals surface area contributed by atoms with Gasteiger partial charge in [-0.15, -0.1) is 0 Å². The molecule has 0 aliphatic carbocycles. The van der Waals surface area contributed by atoms with Gasteiger partial charge in [0.15, 0.2) is 11.5 Å². The Hall–Kier alpha value is -3.06. The number of nitrogens with zero attached hydrogens (tertiary/aromatic N) is 2. The molecule has 0 amide bonds. The fourth-order valence-corrected chi connectivity index (χ4v) is 2.69. The highest BCUT2D eigenvalue weighted by molar-refractivity contribution is 5.90. The summed E-state index contributed by atoms with van der Waals surface area (Å²) in [6.45, 7) is 1.55. The molecule has 1 aromatic heterocycles. The molecular formula is C18H18N4O3. The van der Waals surface area contributed by atoms with E-state index in [4.69, 9.17) is 14.6 Å². The monoisotopic (exact) mass is 338 g/mol. The first-order chi connectivity index (χ1) is 12.3. The number of para-hydroxylation sites is 1. The summed E-state index contributed by atoms with van der Waals surface area (Å²) in [5.74, 6) is 2.59. The van der Waals surface area contributed by atoms with Gasteiger partial charge in [-0.05, 0) is 24.3 Å². The van der Waals surface area contributed by atoms with Crippen LogP contribution in [0.25, 0.3) is 10.9 Å². The van der Waals surface area contributed by atoms with Crippen LogP contribution in [0.5, 0.6) is 11.5 Å². The second-order valence-corrected chi connectivity index (χ2v) is 5.55. The normalized spacial score (nSPS) is 12.8. The third-order valence-corrected chi connectivity index (χ3v) is 3.81. The van der Waals surface area contributed by atoms with Crippen molar-refractivity contribution in [2.75, 3.05) is 37.0 Å². The molecule has 2 heterocycles. The van der Waals surface area contributed by atoms with Gasteiger partial charge < -0.3 is 25.2 Å². The molecule has 2 aromatic carbocycles. The number of ether oxygens (including phenoxy) is 2. The number of anilines is 3. The van der Waals surface area contributed by atoms with Crippen molar-refractivity contribution in [1.29, 1.82) is 0 Å². The second kappa shape index (κ2) is 6.82. The fraction of sp³-hybridized carbons (Fsp3) is 0.222. The van der Waals surface area contributed by atoms with E-state index < -0.39 is 0 Å². The van der Waals surface area contributed by atoms with Crippen LogP contribution in [0, 0.1) is 0 Å². The molecule has 0 unspecified atom stereocenters. The van der Waals surface area contributed by atoms with E-state index in [2.05, 4.69) is 20.6 Å². The molecule has 3 N–H and O–H groups in total. The van der Waals surface area contributed by atoms with Crippen LogP contribution in [0.2, 0.25) is 0 Å². The highest BCUT2D eigenvalue weighted by Gasteiger charge is 2.13. The standard InChI is InChI=1S/C18H18N4O3/c23-8-7-19-17-13-3-1-2-4-14(13)21-18(22-17)20-12-5-6-15-16(11-12)25-10-9-24-15/h1-6,11,23H,7-10H2,(H2,19,20,21,22). The Kier molecular flexibility index (Phi) is 4.22. The minimum absolute atomic E-state index is 0.0310. The van der Waals surface area contributed by atoms with E-state index in [1.807, 2.05) is 42.5 Å². The van der Waals surface area contributed by atoms with E-state index in [-0.39, 0.29) is 6.61 Å². The summed E-state index contributed by atoms with van der Waals surface area (Å²) in [5.41, 5.74) is 1.63. The number of rotatable bonds is 5. The van der Waals surface area contributed by atoms with Crippen LogP contribution in [0.3, 0.4) is 0 Å². The van der Waals surface area contributed by atoms with Gasteiger partial charge in [-0.25, -0.2) is 4.98 Å². The molecule has 25 heavy (non-hydrogen) atoms. The molecule has 0 saturated carbocycles. The summed E-state index contributed by atoms with van der Waals surface area (Å²) < 4.78 is 11.1. The molecule has 7 heteroatoms. The highest BCUT2D eigenvalue weighted by Crippen LogP contribution is 2.33. The maximum absolute atomic E-state index is 9.07. The zero-order chi connectivity index (χ0) is 17.1. The molecule has 7 nitrogen and oxygen atoms in total. The third-order valence-electron chi connectivity index (χ3n) is 3.81. The maximum Gasteiger partial charge on any atom is 0.229 e. The number of aliphatic hydroxyl groups excluding tert-OH is 1. The molecule has 0 radical (unpaired) electrons. The van der Waals surface area contributed by atoms with Crippen molar-refractivity contribution in [3.8, 4) is 11.5 Å². The summed E-state index contributed by atoms with van der Waals surface area (Å²) in [7, 11) is 0. The summed E-state index contributed by atoms with van der Waals surface area (Å²) in [5, 5.41) is 16.3. The van der Waals surface area contributed by atoms with Crippen LogP contribution < -0.4 is 20.1 Å². The third kappa shape index (κ3) is 3.27. The van der Waals surface area contributed by atoms with Crippen LogP contribution in [0.1, 0.15) is 0 Å². The first kappa shape index (κ1) is 15.5. The number of benzene rings is 2. The van der Waals surface area contributed by atoms with Crippen molar-refractivity contribution in [2.24, 2.45) is 0 Å². The van der Waals surface area contributed by atoms with E-state index in [0.717, 1.165) is 22.3 Å². The van der Waals surface area contributed by atoms with E-state index >= 15 is 0 Å². The zero-order valence-electron chi connectivity index (χ0n) is 13.5. The molecular weight excluding hydrogens is 320 g/mol. The van der Waals surface area contributed by atoms with Crippen LogP contribution in [0.4, 0.5) is 17.5 Å². The molecule has 1 aliphatic rings. The number of fused-ring (bicyclic) bond motifs is 2. The van der Waals surface area contributed by atoms with Gasteiger partial charge in [0.25, 0.3) is 0 Å². The van der Waals surface area contributed by atoms with Gasteiger partial charge in [0, 0.05) is 23.7 Å². The first-order valence-electron chi connectivity index (χ1n) is 8.12. The highest BCUT2D eigenvalue weighted by atomic mass is 16.6. The summed E-state index contributed by atoms with van der Waals surface area (Å²) in [6.07, 6.45) is 0. The number of aliphatic hydroxyl groups is 1. The van der Waals surface area contributed by atoms with E-state index in [9.17, 15) is 0 Å².